The van der Waals surface area contributed by atoms with Crippen molar-refractivity contribution in [2.45, 2.75) is 57.7 Å². The maximum absolute atomic E-state index is 12.6. The monoisotopic (exact) mass is 494 g/mol. The first kappa shape index (κ1) is 29.4. The molecule has 11 N–H and O–H groups in total. The van der Waals surface area contributed by atoms with Crippen LogP contribution in [0.4, 0.5) is 9.59 Å². The van der Waals surface area contributed by atoms with Gasteiger partial charge in [-0.05, 0) is 49.5 Å². The quantitative estimate of drug-likeness (QED) is 0.130. The lowest BCUT2D eigenvalue weighted by Gasteiger charge is -2.24. The van der Waals surface area contributed by atoms with Gasteiger partial charge in [0.05, 0.1) is 6.04 Å². The van der Waals surface area contributed by atoms with Gasteiger partial charge in [-0.15, -0.1) is 0 Å². The highest BCUT2D eigenvalue weighted by Crippen LogP contribution is 2.04. The molecule has 0 saturated heterocycles. The molecule has 0 aromatic heterocycles. The van der Waals surface area contributed by atoms with Crippen molar-refractivity contribution in [2.75, 3.05) is 26.2 Å². The van der Waals surface area contributed by atoms with Crippen LogP contribution in [0.25, 0.3) is 0 Å². The number of carbonyl (C=O) groups is 2. The third-order valence-electron chi connectivity index (χ3n) is 5.39. The maximum Gasteiger partial charge on any atom is 0.315 e. The summed E-state index contributed by atoms with van der Waals surface area (Å²) in [7, 11) is 0. The Balaban J connectivity index is 2.61. The molecule has 34 heavy (non-hydrogen) atoms. The second kappa shape index (κ2) is 16.9. The molecular weight excluding hydrogens is 452 g/mol. The molecule has 0 bridgehead atoms. The van der Waals surface area contributed by atoms with Crippen molar-refractivity contribution < 1.29 is 9.59 Å². The van der Waals surface area contributed by atoms with Crippen LogP contribution in [-0.4, -0.2) is 61.5 Å². The Morgan fingerprint density at radius 2 is 1.62 bits per heavy atom. The van der Waals surface area contributed by atoms with E-state index in [2.05, 4.69) is 40.4 Å². The summed E-state index contributed by atoms with van der Waals surface area (Å²) < 4.78 is 0. The average Bonchev–Trinajstić information content (AvgIpc) is 2.80. The summed E-state index contributed by atoms with van der Waals surface area (Å²) in [4.78, 5) is 23.8. The molecule has 192 valence electrons. The number of hydrogen-bond donors (Lipinski definition) is 8. The minimum atomic E-state index is -0.636. The van der Waals surface area contributed by atoms with Crippen LogP contribution in [0, 0.1) is 5.92 Å². The van der Waals surface area contributed by atoms with Gasteiger partial charge in [0.1, 0.15) is 0 Å². The van der Waals surface area contributed by atoms with E-state index in [1.165, 1.54) is 0 Å². The molecular formula is C23H42N8O2S. The number of rotatable bonds is 15. The zero-order chi connectivity index (χ0) is 25.3. The maximum atomic E-state index is 12.6. The fourth-order valence-electron chi connectivity index (χ4n) is 3.19. The molecule has 0 heterocycles. The zero-order valence-corrected chi connectivity index (χ0v) is 21.1. The van der Waals surface area contributed by atoms with Crippen LogP contribution >= 0.6 is 12.2 Å². The van der Waals surface area contributed by atoms with E-state index in [1.807, 2.05) is 30.3 Å². The lowest BCUT2D eigenvalue weighted by atomic mass is 10.1. The predicted octanol–water partition coefficient (Wildman–Crippen LogP) is 0.510. The van der Waals surface area contributed by atoms with E-state index in [0.717, 1.165) is 24.8 Å². The fourth-order valence-corrected chi connectivity index (χ4v) is 3.44. The number of carbonyl (C=O) groups excluding carboxylic acids is 2. The molecule has 1 aromatic carbocycles. The van der Waals surface area contributed by atoms with Gasteiger partial charge in [0, 0.05) is 31.7 Å². The zero-order valence-electron chi connectivity index (χ0n) is 20.3. The largest absolute Gasteiger partial charge is 0.361 e. The van der Waals surface area contributed by atoms with Gasteiger partial charge in [-0.25, -0.2) is 9.59 Å². The molecule has 1 aromatic rings. The lowest BCUT2D eigenvalue weighted by Crippen LogP contribution is -2.53. The predicted molar refractivity (Wildman–Crippen MR) is 141 cm³/mol. The number of amides is 4. The first-order valence-corrected chi connectivity index (χ1v) is 12.2. The second-order valence-electron chi connectivity index (χ2n) is 8.73. The van der Waals surface area contributed by atoms with Gasteiger partial charge in [-0.1, -0.05) is 50.6 Å². The summed E-state index contributed by atoms with van der Waals surface area (Å²) >= 11 is 5.41. The Morgan fingerprint density at radius 1 is 0.941 bits per heavy atom. The van der Waals surface area contributed by atoms with Crippen LogP contribution in [0.2, 0.25) is 0 Å². The van der Waals surface area contributed by atoms with Crippen molar-refractivity contribution in [3.8, 4) is 0 Å². The summed E-state index contributed by atoms with van der Waals surface area (Å²) in [6.45, 7) is 5.90. The molecule has 0 saturated carbocycles. The van der Waals surface area contributed by atoms with Crippen molar-refractivity contribution in [1.82, 2.24) is 26.6 Å². The van der Waals surface area contributed by atoms with Gasteiger partial charge in [0.15, 0.2) is 5.11 Å². The Labute approximate surface area is 208 Å². The minimum Gasteiger partial charge on any atom is -0.361 e. The van der Waals surface area contributed by atoms with E-state index in [4.69, 9.17) is 29.4 Å². The molecule has 0 fully saturated rings. The van der Waals surface area contributed by atoms with Crippen LogP contribution in [0.3, 0.4) is 0 Å². The normalized spacial score (nSPS) is 13.4. The molecule has 4 amide bonds. The minimum absolute atomic E-state index is 0.00472. The molecule has 11 heteroatoms. The number of unbranched alkanes of at least 4 members (excludes halogenated alkanes) is 1. The van der Waals surface area contributed by atoms with Crippen molar-refractivity contribution in [2.24, 2.45) is 23.1 Å². The van der Waals surface area contributed by atoms with Gasteiger partial charge >= 0.3 is 12.1 Å². The second-order valence-corrected chi connectivity index (χ2v) is 9.14. The molecule has 0 unspecified atom stereocenters. The number of nitrogens with one attached hydrogen (secondary N) is 5. The van der Waals surface area contributed by atoms with Gasteiger partial charge in [0.2, 0.25) is 0 Å². The molecule has 1 rings (SSSR count). The highest BCUT2D eigenvalue weighted by Gasteiger charge is 2.17. The van der Waals surface area contributed by atoms with Crippen LogP contribution in [0.5, 0.6) is 0 Å². The summed E-state index contributed by atoms with van der Waals surface area (Å²) in [6.07, 6.45) is 3.15. The average molecular weight is 495 g/mol. The summed E-state index contributed by atoms with van der Waals surface area (Å²) in [5.74, 6) is 0.342. The van der Waals surface area contributed by atoms with E-state index in [1.54, 1.807) is 0 Å². The molecule has 10 nitrogen and oxygen atoms in total. The van der Waals surface area contributed by atoms with Gasteiger partial charge in [0.25, 0.3) is 0 Å². The van der Waals surface area contributed by atoms with Crippen LogP contribution in [0.1, 0.15) is 38.7 Å². The Hall–Kier alpha value is -2.63. The van der Waals surface area contributed by atoms with Crippen LogP contribution in [-0.2, 0) is 6.42 Å². The van der Waals surface area contributed by atoms with Crippen LogP contribution < -0.4 is 43.8 Å². The summed E-state index contributed by atoms with van der Waals surface area (Å²) in [6, 6.07) is 8.35. The Kier molecular flexibility index (Phi) is 14.6. The van der Waals surface area contributed by atoms with Crippen molar-refractivity contribution >= 4 is 29.4 Å². The standard InChI is InChI=1S/C23H42N8O2S/c1-16(2)20(25)15-29-23(34)31-18(10-6-7-11-24)13-28-22(33)30-19(14-27-21(26)32)12-17-8-4-3-5-9-17/h3-5,8-9,16,18-20H,6-7,10-15,24-25H2,1-2H3,(H3,26,27,32)(H2,28,30,33)(H2,29,31,34)/t18-,19-,20+/m0/s1. The van der Waals surface area contributed by atoms with Crippen molar-refractivity contribution in [1.29, 1.82) is 0 Å². The molecule has 0 aliphatic rings. The van der Waals surface area contributed by atoms with Gasteiger partial charge < -0.3 is 43.8 Å². The van der Waals surface area contributed by atoms with Crippen LogP contribution in [0.15, 0.2) is 30.3 Å². The highest BCUT2D eigenvalue weighted by atomic mass is 32.1. The number of hydrogen-bond acceptors (Lipinski definition) is 5. The lowest BCUT2D eigenvalue weighted by molar-refractivity contribution is 0.233. The number of benzene rings is 1. The van der Waals surface area contributed by atoms with E-state index in [-0.39, 0.29) is 30.7 Å². The van der Waals surface area contributed by atoms with E-state index in [0.29, 0.717) is 37.1 Å². The third kappa shape index (κ3) is 13.8. The van der Waals surface area contributed by atoms with Gasteiger partial charge in [-0.3, -0.25) is 0 Å². The molecule has 0 aliphatic carbocycles. The Morgan fingerprint density at radius 3 is 2.24 bits per heavy atom. The molecule has 3 atom stereocenters. The number of thiocarbonyl (C=S) groups is 1. The molecule has 0 aliphatic heterocycles. The van der Waals surface area contributed by atoms with E-state index >= 15 is 0 Å². The number of urea groups is 2. The first-order chi connectivity index (χ1) is 16.2. The van der Waals surface area contributed by atoms with Crippen molar-refractivity contribution in [3.63, 3.8) is 0 Å². The summed E-state index contributed by atoms with van der Waals surface area (Å²) in [5.41, 5.74) is 17.9. The third-order valence-corrected chi connectivity index (χ3v) is 5.65. The highest BCUT2D eigenvalue weighted by molar-refractivity contribution is 7.80. The molecule has 0 radical (unpaired) electrons. The topological polar surface area (TPSA) is 172 Å². The van der Waals surface area contributed by atoms with Crippen molar-refractivity contribution in [3.05, 3.63) is 35.9 Å². The van der Waals surface area contributed by atoms with E-state index < -0.39 is 6.03 Å². The number of nitrogens with two attached hydrogens (primary N) is 3. The first-order valence-electron chi connectivity index (χ1n) is 11.8. The summed E-state index contributed by atoms with van der Waals surface area (Å²) in [5, 5.41) is 15.3. The Bertz CT molecular complexity index is 735. The fraction of sp³-hybridized carbons (Fsp3) is 0.609. The van der Waals surface area contributed by atoms with Gasteiger partial charge in [-0.2, -0.15) is 0 Å². The number of primary amides is 1. The SMILES string of the molecule is CC(C)[C@H](N)CNC(=S)N[C@@H](CCCCN)CNC(=O)N[C@H](CNC(N)=O)Cc1ccccc1. The van der Waals surface area contributed by atoms with E-state index in [9.17, 15) is 9.59 Å². The smallest absolute Gasteiger partial charge is 0.315 e. The molecule has 0 spiro atoms.